The van der Waals surface area contributed by atoms with E-state index in [9.17, 15) is 28.2 Å². The Balaban J connectivity index is 2.23. The number of carbonyl (C=O) groups is 2. The lowest BCUT2D eigenvalue weighted by atomic mass is 10.0. The molecule has 162 valence electrons. The first-order valence-corrected chi connectivity index (χ1v) is 10.8. The van der Waals surface area contributed by atoms with Crippen molar-refractivity contribution < 1.29 is 28.2 Å². The van der Waals surface area contributed by atoms with E-state index in [0.717, 1.165) is 6.20 Å². The van der Waals surface area contributed by atoms with Crippen LogP contribution in [0.1, 0.15) is 19.4 Å². The minimum absolute atomic E-state index is 0.0244. The van der Waals surface area contributed by atoms with Gasteiger partial charge in [0.2, 0.25) is 15.9 Å². The summed E-state index contributed by atoms with van der Waals surface area (Å²) in [6, 6.07) is 5.94. The Kier molecular flexibility index (Phi) is 7.45. The predicted octanol–water partition coefficient (Wildman–Crippen LogP) is 0.955. The van der Waals surface area contributed by atoms with Gasteiger partial charge in [0.25, 0.3) is 0 Å². The van der Waals surface area contributed by atoms with E-state index in [0.29, 0.717) is 5.56 Å². The van der Waals surface area contributed by atoms with E-state index >= 15 is 0 Å². The Morgan fingerprint density at radius 2 is 1.83 bits per heavy atom. The van der Waals surface area contributed by atoms with Gasteiger partial charge in [-0.2, -0.15) is 17.4 Å². The number of phenolic OH excluding ortho intramolecular Hbond substituents is 1. The fourth-order valence-electron chi connectivity index (χ4n) is 2.57. The topological polar surface area (TPSA) is 146 Å². The van der Waals surface area contributed by atoms with Crippen LogP contribution >= 0.6 is 12.6 Å². The minimum atomic E-state index is -4.10. The van der Waals surface area contributed by atoms with E-state index in [-0.39, 0.29) is 17.1 Å². The number of aliphatic carboxylic acids is 1. The molecular formula is C19H23N3O6S2. The fraction of sp³-hybridized carbons (Fsp3) is 0.316. The third kappa shape index (κ3) is 6.44. The van der Waals surface area contributed by atoms with E-state index < -0.39 is 38.7 Å². The van der Waals surface area contributed by atoms with Crippen LogP contribution in [0.15, 0.2) is 53.7 Å². The van der Waals surface area contributed by atoms with Gasteiger partial charge in [-0.1, -0.05) is 12.1 Å². The Hall–Kier alpha value is -2.63. The van der Waals surface area contributed by atoms with E-state index in [1.54, 1.807) is 0 Å². The van der Waals surface area contributed by atoms with Gasteiger partial charge in [-0.3, -0.25) is 9.78 Å². The number of amides is 1. The van der Waals surface area contributed by atoms with Gasteiger partial charge in [0, 0.05) is 23.6 Å². The van der Waals surface area contributed by atoms with E-state index in [1.807, 2.05) is 0 Å². The Morgan fingerprint density at radius 1 is 1.20 bits per heavy atom. The molecule has 4 N–H and O–H groups in total. The van der Waals surface area contributed by atoms with Crippen LogP contribution in [-0.2, 0) is 26.0 Å². The van der Waals surface area contributed by atoms with Crippen LogP contribution in [0.2, 0.25) is 0 Å². The van der Waals surface area contributed by atoms with Gasteiger partial charge in [-0.05, 0) is 43.7 Å². The highest BCUT2D eigenvalue weighted by atomic mass is 32.2. The number of carbonyl (C=O) groups excluding carboxylic acids is 1. The fourth-order valence-corrected chi connectivity index (χ4v) is 4.15. The second kappa shape index (κ2) is 9.45. The molecule has 0 spiro atoms. The molecule has 0 unspecified atom stereocenters. The molecule has 0 aliphatic rings. The number of phenols is 1. The third-order valence-electron chi connectivity index (χ3n) is 4.18. The highest BCUT2D eigenvalue weighted by Crippen LogP contribution is 2.21. The lowest BCUT2D eigenvalue weighted by Gasteiger charge is -2.30. The molecule has 1 heterocycles. The van der Waals surface area contributed by atoms with Gasteiger partial charge in [0.15, 0.2) is 0 Å². The standard InChI is InChI=1S/C19H23N3O6S2/c1-19(2,29)16(22-30(27,28)14-4-3-9-20-11-14)17(24)21-15(18(25)26)10-12-5-7-13(23)8-6-12/h3-9,11,15-16,22-23,29H,10H2,1-2H3,(H,21,24)(H,25,26)/t15-,16+/m0/s1. The van der Waals surface area contributed by atoms with Crippen molar-refractivity contribution in [3.05, 3.63) is 54.4 Å². The van der Waals surface area contributed by atoms with Crippen molar-refractivity contribution in [1.29, 1.82) is 0 Å². The molecule has 1 amide bonds. The predicted molar refractivity (Wildman–Crippen MR) is 113 cm³/mol. The van der Waals surface area contributed by atoms with Gasteiger partial charge in [-0.25, -0.2) is 13.2 Å². The molecule has 2 aromatic rings. The smallest absolute Gasteiger partial charge is 0.326 e. The maximum Gasteiger partial charge on any atom is 0.326 e. The van der Waals surface area contributed by atoms with Crippen molar-refractivity contribution in [2.24, 2.45) is 0 Å². The van der Waals surface area contributed by atoms with Gasteiger partial charge >= 0.3 is 5.97 Å². The molecule has 0 aliphatic heterocycles. The Labute approximate surface area is 180 Å². The maximum atomic E-state index is 12.9. The molecule has 0 aliphatic carbocycles. The summed E-state index contributed by atoms with van der Waals surface area (Å²) in [7, 11) is -4.10. The van der Waals surface area contributed by atoms with Crippen molar-refractivity contribution in [1.82, 2.24) is 15.0 Å². The molecule has 0 fully saturated rings. The summed E-state index contributed by atoms with van der Waals surface area (Å²) in [5.74, 6) is -2.10. The van der Waals surface area contributed by atoms with Gasteiger partial charge < -0.3 is 15.5 Å². The summed E-state index contributed by atoms with van der Waals surface area (Å²) in [6.07, 6.45) is 2.48. The Morgan fingerprint density at radius 3 is 2.33 bits per heavy atom. The van der Waals surface area contributed by atoms with Gasteiger partial charge in [-0.15, -0.1) is 0 Å². The molecule has 2 rings (SSSR count). The number of thiol groups is 1. The zero-order valence-corrected chi connectivity index (χ0v) is 18.0. The van der Waals surface area contributed by atoms with E-state index in [2.05, 4.69) is 27.7 Å². The molecule has 0 saturated heterocycles. The zero-order valence-electron chi connectivity index (χ0n) is 16.3. The summed E-state index contributed by atoms with van der Waals surface area (Å²) in [4.78, 5) is 28.1. The molecular weight excluding hydrogens is 430 g/mol. The summed E-state index contributed by atoms with van der Waals surface area (Å²) in [5, 5.41) is 21.2. The van der Waals surface area contributed by atoms with Crippen LogP contribution in [0.4, 0.5) is 0 Å². The number of aromatic hydroxyl groups is 1. The monoisotopic (exact) mass is 453 g/mol. The molecule has 1 aromatic heterocycles. The molecule has 30 heavy (non-hydrogen) atoms. The van der Waals surface area contributed by atoms with Crippen LogP contribution < -0.4 is 10.0 Å². The van der Waals surface area contributed by atoms with Crippen molar-refractivity contribution in [3.63, 3.8) is 0 Å². The van der Waals surface area contributed by atoms with Crippen LogP contribution in [-0.4, -0.2) is 52.3 Å². The lowest BCUT2D eigenvalue weighted by Crippen LogP contribution is -2.58. The van der Waals surface area contributed by atoms with Gasteiger partial charge in [0.05, 0.1) is 0 Å². The molecule has 0 saturated carbocycles. The summed E-state index contributed by atoms with van der Waals surface area (Å²) < 4.78 is 26.4. The lowest BCUT2D eigenvalue weighted by molar-refractivity contribution is -0.142. The molecule has 0 radical (unpaired) electrons. The van der Waals surface area contributed by atoms with E-state index in [4.69, 9.17) is 0 Å². The number of sulfonamides is 1. The molecule has 11 heteroatoms. The average molecular weight is 454 g/mol. The molecule has 0 bridgehead atoms. The number of benzene rings is 1. The van der Waals surface area contributed by atoms with E-state index in [1.165, 1.54) is 56.4 Å². The highest BCUT2D eigenvalue weighted by molar-refractivity contribution is 7.89. The summed E-state index contributed by atoms with van der Waals surface area (Å²) >= 11 is 4.32. The number of aromatic nitrogens is 1. The van der Waals surface area contributed by atoms with Crippen LogP contribution in [0.25, 0.3) is 0 Å². The van der Waals surface area contributed by atoms with Crippen LogP contribution in [0.5, 0.6) is 5.75 Å². The number of pyridine rings is 1. The van der Waals surface area contributed by atoms with Crippen molar-refractivity contribution in [2.75, 3.05) is 0 Å². The Bertz CT molecular complexity index is 989. The third-order valence-corrected chi connectivity index (χ3v) is 5.84. The first-order valence-electron chi connectivity index (χ1n) is 8.86. The van der Waals surface area contributed by atoms with Crippen LogP contribution in [0, 0.1) is 0 Å². The normalized spacial score (nSPS) is 14.0. The number of carboxylic acids is 1. The first kappa shape index (κ1) is 23.6. The number of nitrogens with zero attached hydrogens (tertiary/aromatic N) is 1. The molecule has 2 atom stereocenters. The minimum Gasteiger partial charge on any atom is -0.508 e. The summed E-state index contributed by atoms with van der Waals surface area (Å²) in [6.45, 7) is 3.06. The second-order valence-electron chi connectivity index (χ2n) is 7.17. The highest BCUT2D eigenvalue weighted by Gasteiger charge is 2.38. The number of hydrogen-bond acceptors (Lipinski definition) is 7. The largest absolute Gasteiger partial charge is 0.508 e. The van der Waals surface area contributed by atoms with Gasteiger partial charge in [0.1, 0.15) is 22.7 Å². The zero-order chi connectivity index (χ0) is 22.5. The average Bonchev–Trinajstić information content (AvgIpc) is 2.67. The maximum absolute atomic E-state index is 12.9. The molecule has 1 aromatic carbocycles. The van der Waals surface area contributed by atoms with Crippen molar-refractivity contribution >= 4 is 34.5 Å². The number of nitrogens with one attached hydrogen (secondary N) is 2. The van der Waals surface area contributed by atoms with Crippen LogP contribution in [0.3, 0.4) is 0 Å². The van der Waals surface area contributed by atoms with Crippen molar-refractivity contribution in [2.45, 2.75) is 42.0 Å². The SMILES string of the molecule is CC(C)(S)[C@H](NS(=O)(=O)c1cccnc1)C(=O)N[C@@H](Cc1ccc(O)cc1)C(=O)O. The first-order chi connectivity index (χ1) is 13.9. The number of carboxylic acid groups (broad SMARTS) is 1. The van der Waals surface area contributed by atoms with Crippen molar-refractivity contribution in [3.8, 4) is 5.75 Å². The molecule has 9 nitrogen and oxygen atoms in total. The summed E-state index contributed by atoms with van der Waals surface area (Å²) in [5.41, 5.74) is 0.568. The quantitative estimate of drug-likeness (QED) is 0.355. The second-order valence-corrected chi connectivity index (χ2v) is 10.0. The number of hydrogen-bond donors (Lipinski definition) is 5. The number of rotatable bonds is 9.